The minimum absolute atomic E-state index is 0.908. The van der Waals surface area contributed by atoms with Crippen LogP contribution in [0.5, 0.6) is 0 Å². The molecule has 0 fully saturated rings. The fourth-order valence-electron chi connectivity index (χ4n) is 1.79. The summed E-state index contributed by atoms with van der Waals surface area (Å²) in [6.07, 6.45) is 2.61. The summed E-state index contributed by atoms with van der Waals surface area (Å²) in [6, 6.07) is 10.5. The third-order valence-corrected chi connectivity index (χ3v) is 8.74. The first-order valence-corrected chi connectivity index (χ1v) is 9.76. The van der Waals surface area contributed by atoms with Crippen molar-refractivity contribution in [2.75, 3.05) is 0 Å². The smallest absolute Gasteiger partial charge is 0.0499 e. The van der Waals surface area contributed by atoms with Gasteiger partial charge in [0.25, 0.3) is 0 Å². The molecule has 0 aliphatic carbocycles. The lowest BCUT2D eigenvalue weighted by Gasteiger charge is -2.26. The second-order valence-electron chi connectivity index (χ2n) is 5.98. The maximum Gasteiger partial charge on any atom is 0.0499 e. The van der Waals surface area contributed by atoms with Gasteiger partial charge < -0.3 is 0 Å². The lowest BCUT2D eigenvalue weighted by molar-refractivity contribution is 0.871. The van der Waals surface area contributed by atoms with Gasteiger partial charge in [-0.05, 0) is 18.9 Å². The van der Waals surface area contributed by atoms with E-state index in [9.17, 15) is 0 Å². The number of rotatable bonds is 5. The van der Waals surface area contributed by atoms with Crippen LogP contribution in [0, 0.1) is 6.92 Å². The lowest BCUT2D eigenvalue weighted by atomic mass is 10.1. The molecule has 0 N–H and O–H groups in total. The molecule has 90 valence electrons. The van der Waals surface area contributed by atoms with Gasteiger partial charge in [0.1, 0.15) is 0 Å². The molecule has 0 saturated heterocycles. The van der Waals surface area contributed by atoms with Crippen LogP contribution in [-0.4, -0.2) is 8.07 Å². The Hall–Kier alpha value is -0.563. The molecule has 0 unspecified atom stereocenters. The van der Waals surface area contributed by atoms with Crippen molar-refractivity contribution in [3.05, 3.63) is 35.4 Å². The van der Waals surface area contributed by atoms with Crippen molar-refractivity contribution in [2.45, 2.75) is 58.3 Å². The van der Waals surface area contributed by atoms with E-state index in [1.54, 1.807) is 0 Å². The number of hydrogen-bond donors (Lipinski definition) is 0. The molecule has 1 heteroatoms. The topological polar surface area (TPSA) is 0 Å². The molecule has 0 nitrogen and oxygen atoms in total. The zero-order valence-electron chi connectivity index (χ0n) is 11.5. The van der Waals surface area contributed by atoms with Gasteiger partial charge in [-0.25, -0.2) is 0 Å². The standard InChI is InChI=1S/C15H26Si/c1-13(2)16(4,5)12-6-7-15-10-8-14(3)9-11-15/h8-11,13H,6-7,12H2,1-5H3. The van der Waals surface area contributed by atoms with Crippen molar-refractivity contribution in [2.24, 2.45) is 0 Å². The molecule has 0 heterocycles. The van der Waals surface area contributed by atoms with Gasteiger partial charge in [-0.3, -0.25) is 0 Å². The van der Waals surface area contributed by atoms with E-state index in [4.69, 9.17) is 0 Å². The van der Waals surface area contributed by atoms with Gasteiger partial charge in [0.15, 0.2) is 0 Å². The summed E-state index contributed by atoms with van der Waals surface area (Å²) in [5.41, 5.74) is 3.77. The highest BCUT2D eigenvalue weighted by molar-refractivity contribution is 6.78. The first-order valence-electron chi connectivity index (χ1n) is 6.47. The summed E-state index contributed by atoms with van der Waals surface area (Å²) in [5, 5.41) is 0. The van der Waals surface area contributed by atoms with Gasteiger partial charge in [-0.2, -0.15) is 0 Å². The summed E-state index contributed by atoms with van der Waals surface area (Å²) >= 11 is 0. The predicted octanol–water partition coefficient (Wildman–Crippen LogP) is 5.05. The van der Waals surface area contributed by atoms with E-state index in [1.807, 2.05) is 0 Å². The molecule has 0 bridgehead atoms. The summed E-state index contributed by atoms with van der Waals surface area (Å²) in [5.74, 6) is 0. The molecule has 1 aromatic carbocycles. The lowest BCUT2D eigenvalue weighted by Crippen LogP contribution is -2.29. The minimum atomic E-state index is -0.945. The average Bonchev–Trinajstić information content (AvgIpc) is 2.20. The van der Waals surface area contributed by atoms with E-state index in [1.165, 1.54) is 30.0 Å². The Morgan fingerprint density at radius 1 is 1.06 bits per heavy atom. The molecule has 1 aromatic rings. The molecule has 0 saturated carbocycles. The second-order valence-corrected chi connectivity index (χ2v) is 11.6. The third kappa shape index (κ3) is 4.13. The van der Waals surface area contributed by atoms with Crippen molar-refractivity contribution in [3.63, 3.8) is 0 Å². The summed E-state index contributed by atoms with van der Waals surface area (Å²) in [7, 11) is -0.945. The van der Waals surface area contributed by atoms with E-state index < -0.39 is 8.07 Å². The van der Waals surface area contributed by atoms with E-state index in [-0.39, 0.29) is 0 Å². The maximum atomic E-state index is 2.52. The molecule has 16 heavy (non-hydrogen) atoms. The van der Waals surface area contributed by atoms with Gasteiger partial charge in [-0.1, -0.05) is 74.8 Å². The molecule has 0 radical (unpaired) electrons. The summed E-state index contributed by atoms with van der Waals surface area (Å²) in [4.78, 5) is 0. The SMILES string of the molecule is Cc1ccc(CCC[Si](C)(C)C(C)C)cc1. The van der Waals surface area contributed by atoms with Crippen LogP contribution >= 0.6 is 0 Å². The highest BCUT2D eigenvalue weighted by atomic mass is 28.3. The molecular weight excluding hydrogens is 208 g/mol. The van der Waals surface area contributed by atoms with Crippen molar-refractivity contribution < 1.29 is 0 Å². The Balaban J connectivity index is 2.39. The van der Waals surface area contributed by atoms with Crippen LogP contribution in [0.3, 0.4) is 0 Å². The zero-order chi connectivity index (χ0) is 12.2. The highest BCUT2D eigenvalue weighted by Crippen LogP contribution is 2.26. The maximum absolute atomic E-state index is 2.52. The molecular formula is C15H26Si. The fourth-order valence-corrected chi connectivity index (χ4v) is 3.46. The molecule has 1 rings (SSSR count). The van der Waals surface area contributed by atoms with Gasteiger partial charge >= 0.3 is 0 Å². The largest absolute Gasteiger partial charge is 0.0692 e. The third-order valence-electron chi connectivity index (χ3n) is 3.97. The number of benzene rings is 1. The van der Waals surface area contributed by atoms with Crippen LogP contribution in [-0.2, 0) is 6.42 Å². The summed E-state index contributed by atoms with van der Waals surface area (Å²) in [6.45, 7) is 12.0. The van der Waals surface area contributed by atoms with E-state index in [0.29, 0.717) is 0 Å². The van der Waals surface area contributed by atoms with Crippen LogP contribution in [0.15, 0.2) is 24.3 Å². The average molecular weight is 234 g/mol. The quantitative estimate of drug-likeness (QED) is 0.626. The van der Waals surface area contributed by atoms with Crippen molar-refractivity contribution in [3.8, 4) is 0 Å². The normalized spacial score (nSPS) is 12.1. The van der Waals surface area contributed by atoms with Crippen molar-refractivity contribution in [1.29, 1.82) is 0 Å². The minimum Gasteiger partial charge on any atom is -0.0692 e. The van der Waals surface area contributed by atoms with Gasteiger partial charge in [0.2, 0.25) is 0 Å². The predicted molar refractivity (Wildman–Crippen MR) is 76.9 cm³/mol. The van der Waals surface area contributed by atoms with E-state index in [2.05, 4.69) is 58.1 Å². The molecule has 0 amide bonds. The Morgan fingerprint density at radius 2 is 1.62 bits per heavy atom. The van der Waals surface area contributed by atoms with E-state index >= 15 is 0 Å². The number of hydrogen-bond acceptors (Lipinski definition) is 0. The van der Waals surface area contributed by atoms with Crippen molar-refractivity contribution >= 4 is 8.07 Å². The highest BCUT2D eigenvalue weighted by Gasteiger charge is 2.23. The zero-order valence-corrected chi connectivity index (χ0v) is 12.5. The summed E-state index contributed by atoms with van der Waals surface area (Å²) < 4.78 is 0. The molecule has 0 spiro atoms. The molecule has 0 atom stereocenters. The Labute approximate surface area is 102 Å². The molecule has 0 aromatic heterocycles. The van der Waals surface area contributed by atoms with E-state index in [0.717, 1.165) is 5.54 Å². The van der Waals surface area contributed by atoms with Gasteiger partial charge in [0.05, 0.1) is 0 Å². The molecule has 0 aliphatic heterocycles. The fraction of sp³-hybridized carbons (Fsp3) is 0.600. The number of aryl methyl sites for hydroxylation is 2. The molecule has 0 aliphatic rings. The van der Waals surface area contributed by atoms with Crippen LogP contribution in [0.25, 0.3) is 0 Å². The monoisotopic (exact) mass is 234 g/mol. The Kier molecular flexibility index (Phi) is 4.79. The first kappa shape index (κ1) is 13.5. The van der Waals surface area contributed by atoms with Crippen LogP contribution in [0.1, 0.15) is 31.4 Å². The Bertz CT molecular complexity index is 309. The Morgan fingerprint density at radius 3 is 2.12 bits per heavy atom. The second kappa shape index (κ2) is 5.67. The van der Waals surface area contributed by atoms with Crippen LogP contribution < -0.4 is 0 Å². The van der Waals surface area contributed by atoms with Crippen molar-refractivity contribution in [1.82, 2.24) is 0 Å². The van der Waals surface area contributed by atoms with Crippen LogP contribution in [0.2, 0.25) is 24.7 Å². The van der Waals surface area contributed by atoms with Crippen LogP contribution in [0.4, 0.5) is 0 Å². The van der Waals surface area contributed by atoms with Gasteiger partial charge in [0, 0.05) is 8.07 Å². The first-order chi connectivity index (χ1) is 7.42. The van der Waals surface area contributed by atoms with Gasteiger partial charge in [-0.15, -0.1) is 0 Å².